The van der Waals surface area contributed by atoms with Crippen LogP contribution in [0.4, 0.5) is 0 Å². The average Bonchev–Trinajstić information content (AvgIpc) is 2.52. The summed E-state index contributed by atoms with van der Waals surface area (Å²) in [7, 11) is 1.46. The highest BCUT2D eigenvalue weighted by atomic mass is 16.6. The summed E-state index contributed by atoms with van der Waals surface area (Å²) in [6, 6.07) is 7.44. The van der Waals surface area contributed by atoms with Gasteiger partial charge < -0.3 is 9.94 Å². The number of para-hydroxylation sites is 1. The first kappa shape index (κ1) is 9.58. The van der Waals surface area contributed by atoms with E-state index < -0.39 is 5.97 Å². The summed E-state index contributed by atoms with van der Waals surface area (Å²) in [5.41, 5.74) is 1.67. The summed E-state index contributed by atoms with van der Waals surface area (Å²) >= 11 is 0. The van der Waals surface area contributed by atoms with Gasteiger partial charge in [-0.05, 0) is 18.6 Å². The molecule has 0 bridgehead atoms. The van der Waals surface area contributed by atoms with Crippen LogP contribution in [-0.4, -0.2) is 22.9 Å². The SMILES string of the molecule is COn1c(C(=O)O)c(C)c2ccccc21. The Hall–Kier alpha value is -1.97. The standard InChI is InChI=1S/C11H11NO3/c1-7-8-5-3-4-6-9(8)12(15-2)10(7)11(13)14/h3-6H,1-2H3,(H,13,14). The molecule has 0 aliphatic carbocycles. The van der Waals surface area contributed by atoms with Gasteiger partial charge in [0.2, 0.25) is 0 Å². The van der Waals surface area contributed by atoms with E-state index in [0.717, 1.165) is 16.5 Å². The van der Waals surface area contributed by atoms with Crippen LogP contribution in [-0.2, 0) is 0 Å². The van der Waals surface area contributed by atoms with E-state index in [1.165, 1.54) is 11.8 Å². The van der Waals surface area contributed by atoms with E-state index in [4.69, 9.17) is 9.94 Å². The molecule has 0 aliphatic rings. The third-order valence-corrected chi connectivity index (χ3v) is 2.47. The number of aryl methyl sites for hydroxylation is 1. The molecule has 4 heteroatoms. The van der Waals surface area contributed by atoms with Crippen molar-refractivity contribution < 1.29 is 14.7 Å². The Morgan fingerprint density at radius 2 is 2.07 bits per heavy atom. The van der Waals surface area contributed by atoms with Gasteiger partial charge >= 0.3 is 5.97 Å². The van der Waals surface area contributed by atoms with Crippen LogP contribution in [0, 0.1) is 6.92 Å². The molecule has 1 N–H and O–H groups in total. The molecule has 0 aliphatic heterocycles. The summed E-state index contributed by atoms with van der Waals surface area (Å²) in [4.78, 5) is 16.1. The van der Waals surface area contributed by atoms with Crippen molar-refractivity contribution in [2.24, 2.45) is 0 Å². The maximum absolute atomic E-state index is 11.1. The zero-order chi connectivity index (χ0) is 11.0. The third-order valence-electron chi connectivity index (χ3n) is 2.47. The highest BCUT2D eigenvalue weighted by Gasteiger charge is 2.19. The van der Waals surface area contributed by atoms with E-state index >= 15 is 0 Å². The number of hydrogen-bond donors (Lipinski definition) is 1. The quantitative estimate of drug-likeness (QED) is 0.811. The van der Waals surface area contributed by atoms with E-state index in [-0.39, 0.29) is 5.69 Å². The van der Waals surface area contributed by atoms with Crippen LogP contribution in [0.5, 0.6) is 0 Å². The molecule has 1 aromatic heterocycles. The Morgan fingerprint density at radius 3 is 2.67 bits per heavy atom. The molecule has 2 rings (SSSR count). The molecule has 15 heavy (non-hydrogen) atoms. The lowest BCUT2D eigenvalue weighted by Gasteiger charge is -2.04. The molecule has 0 saturated carbocycles. The maximum Gasteiger partial charge on any atom is 0.356 e. The summed E-state index contributed by atoms with van der Waals surface area (Å²) in [6.45, 7) is 1.78. The monoisotopic (exact) mass is 205 g/mol. The molecule has 2 aromatic rings. The lowest BCUT2D eigenvalue weighted by Crippen LogP contribution is -2.14. The number of carboxylic acid groups (broad SMARTS) is 1. The summed E-state index contributed by atoms with van der Waals surface area (Å²) in [5.74, 6) is -0.981. The average molecular weight is 205 g/mol. The van der Waals surface area contributed by atoms with E-state index in [1.54, 1.807) is 6.92 Å². The molecule has 0 unspecified atom stereocenters. The lowest BCUT2D eigenvalue weighted by atomic mass is 10.1. The van der Waals surface area contributed by atoms with Crippen LogP contribution in [0.2, 0.25) is 0 Å². The van der Waals surface area contributed by atoms with E-state index in [0.29, 0.717) is 0 Å². The van der Waals surface area contributed by atoms with Gasteiger partial charge in [-0.2, -0.15) is 4.73 Å². The number of fused-ring (bicyclic) bond motifs is 1. The van der Waals surface area contributed by atoms with E-state index in [9.17, 15) is 4.79 Å². The number of aromatic nitrogens is 1. The highest BCUT2D eigenvalue weighted by molar-refractivity contribution is 5.97. The van der Waals surface area contributed by atoms with E-state index in [2.05, 4.69) is 0 Å². The Balaban J connectivity index is 2.90. The van der Waals surface area contributed by atoms with Crippen LogP contribution < -0.4 is 4.84 Å². The van der Waals surface area contributed by atoms with Crippen molar-refractivity contribution in [2.45, 2.75) is 6.92 Å². The molecule has 1 aromatic carbocycles. The van der Waals surface area contributed by atoms with Crippen molar-refractivity contribution in [2.75, 3.05) is 7.11 Å². The molecule has 78 valence electrons. The maximum atomic E-state index is 11.1. The number of nitrogens with zero attached hydrogens (tertiary/aromatic N) is 1. The molecule has 0 atom stereocenters. The fraction of sp³-hybridized carbons (Fsp3) is 0.182. The number of rotatable bonds is 2. The van der Waals surface area contributed by atoms with Crippen LogP contribution in [0.15, 0.2) is 24.3 Å². The van der Waals surface area contributed by atoms with E-state index in [1.807, 2.05) is 24.3 Å². The lowest BCUT2D eigenvalue weighted by molar-refractivity contribution is 0.0644. The molecular formula is C11H11NO3. The zero-order valence-electron chi connectivity index (χ0n) is 8.52. The van der Waals surface area contributed by atoms with Crippen molar-refractivity contribution in [3.63, 3.8) is 0 Å². The molecule has 1 heterocycles. The molecule has 0 spiro atoms. The number of carbonyl (C=O) groups is 1. The highest BCUT2D eigenvalue weighted by Crippen LogP contribution is 2.24. The first-order valence-electron chi connectivity index (χ1n) is 4.54. The molecule has 0 amide bonds. The topological polar surface area (TPSA) is 51.5 Å². The Morgan fingerprint density at radius 1 is 1.40 bits per heavy atom. The van der Waals surface area contributed by atoms with Crippen molar-refractivity contribution in [3.05, 3.63) is 35.5 Å². The first-order chi connectivity index (χ1) is 7.16. The van der Waals surface area contributed by atoms with Crippen LogP contribution in [0.3, 0.4) is 0 Å². The number of aromatic carboxylic acids is 1. The largest absolute Gasteiger partial charge is 0.476 e. The molecule has 4 nitrogen and oxygen atoms in total. The smallest absolute Gasteiger partial charge is 0.356 e. The second kappa shape index (κ2) is 3.31. The third kappa shape index (κ3) is 1.26. The molecule has 0 saturated heterocycles. The Labute approximate surface area is 86.7 Å². The Kier molecular flexibility index (Phi) is 2.11. The van der Waals surface area contributed by atoms with Gasteiger partial charge in [0.1, 0.15) is 7.11 Å². The van der Waals surface area contributed by atoms with Gasteiger partial charge in [-0.15, -0.1) is 0 Å². The van der Waals surface area contributed by atoms with Gasteiger partial charge in [-0.25, -0.2) is 4.79 Å². The van der Waals surface area contributed by atoms with Crippen molar-refractivity contribution in [1.29, 1.82) is 0 Å². The van der Waals surface area contributed by atoms with Crippen molar-refractivity contribution >= 4 is 16.9 Å². The second-order valence-electron chi connectivity index (χ2n) is 3.27. The number of hydrogen-bond acceptors (Lipinski definition) is 2. The van der Waals surface area contributed by atoms with Gasteiger partial charge in [-0.1, -0.05) is 18.2 Å². The Bertz CT molecular complexity index is 528. The fourth-order valence-corrected chi connectivity index (χ4v) is 1.81. The summed E-state index contributed by atoms with van der Waals surface area (Å²) in [6.07, 6.45) is 0. The fourth-order valence-electron chi connectivity index (χ4n) is 1.81. The van der Waals surface area contributed by atoms with Crippen LogP contribution in [0.25, 0.3) is 10.9 Å². The number of carboxylic acids is 1. The van der Waals surface area contributed by atoms with Gasteiger partial charge in [-0.3, -0.25) is 0 Å². The van der Waals surface area contributed by atoms with Crippen molar-refractivity contribution in [3.8, 4) is 0 Å². The minimum atomic E-state index is -0.981. The zero-order valence-corrected chi connectivity index (χ0v) is 8.52. The van der Waals surface area contributed by atoms with Gasteiger partial charge in [0, 0.05) is 5.39 Å². The minimum Gasteiger partial charge on any atom is -0.476 e. The van der Waals surface area contributed by atoms with Crippen LogP contribution >= 0.6 is 0 Å². The predicted octanol–water partition coefficient (Wildman–Crippen LogP) is 1.71. The predicted molar refractivity (Wildman–Crippen MR) is 56.1 cm³/mol. The van der Waals surface area contributed by atoms with Gasteiger partial charge in [0.15, 0.2) is 5.69 Å². The van der Waals surface area contributed by atoms with Crippen molar-refractivity contribution in [1.82, 2.24) is 4.73 Å². The normalized spacial score (nSPS) is 10.5. The van der Waals surface area contributed by atoms with Gasteiger partial charge in [0.05, 0.1) is 5.52 Å². The summed E-state index contributed by atoms with van der Waals surface area (Å²) < 4.78 is 1.34. The molecule has 0 radical (unpaired) electrons. The number of benzene rings is 1. The second-order valence-corrected chi connectivity index (χ2v) is 3.27. The molecule has 0 fully saturated rings. The van der Waals surface area contributed by atoms with Crippen LogP contribution in [0.1, 0.15) is 16.1 Å². The first-order valence-corrected chi connectivity index (χ1v) is 4.54. The minimum absolute atomic E-state index is 0.179. The van der Waals surface area contributed by atoms with Gasteiger partial charge in [0.25, 0.3) is 0 Å². The molecular weight excluding hydrogens is 194 g/mol. The summed E-state index contributed by atoms with van der Waals surface area (Å²) in [5, 5.41) is 9.98.